The maximum Gasteiger partial charge on any atom is 0.209 e. The zero-order valence-corrected chi connectivity index (χ0v) is 21.5. The summed E-state index contributed by atoms with van der Waals surface area (Å²) in [5.41, 5.74) is 2.15. The van der Waals surface area contributed by atoms with Crippen molar-refractivity contribution in [1.29, 1.82) is 0 Å². The monoisotopic (exact) mass is 495 g/mol. The van der Waals surface area contributed by atoms with Crippen molar-refractivity contribution >= 4 is 40.8 Å². The van der Waals surface area contributed by atoms with E-state index in [-0.39, 0.29) is 0 Å². The van der Waals surface area contributed by atoms with E-state index in [0.717, 1.165) is 15.9 Å². The number of nitrogens with zero attached hydrogens (tertiary/aromatic N) is 1. The van der Waals surface area contributed by atoms with Crippen LogP contribution in [-0.2, 0) is 0 Å². The van der Waals surface area contributed by atoms with E-state index >= 15 is 0 Å². The van der Waals surface area contributed by atoms with E-state index < -0.39 is 13.5 Å². The summed E-state index contributed by atoms with van der Waals surface area (Å²) in [6.07, 6.45) is 1.08. The minimum absolute atomic E-state index is 0.692. The van der Waals surface area contributed by atoms with Crippen molar-refractivity contribution in [3.8, 4) is 0 Å². The summed E-state index contributed by atoms with van der Waals surface area (Å²) in [5, 5.41) is 20.9. The second-order valence-corrected chi connectivity index (χ2v) is 12.6. The van der Waals surface area contributed by atoms with Crippen LogP contribution in [0.5, 0.6) is 0 Å². The predicted molar refractivity (Wildman–Crippen MR) is 153 cm³/mol. The van der Waals surface area contributed by atoms with Crippen molar-refractivity contribution in [2.75, 3.05) is 6.26 Å². The maximum atomic E-state index is 11.8. The third-order valence-corrected chi connectivity index (χ3v) is 11.6. The highest BCUT2D eigenvalue weighted by atomic mass is 32.2. The van der Waals surface area contributed by atoms with Gasteiger partial charge in [-0.1, -0.05) is 84.4 Å². The second-order valence-electron chi connectivity index (χ2n) is 8.44. The van der Waals surface area contributed by atoms with E-state index in [2.05, 4.69) is 103 Å². The highest BCUT2D eigenvalue weighted by molar-refractivity contribution is 8.04. The Morgan fingerprint density at radius 1 is 0.714 bits per heavy atom. The van der Waals surface area contributed by atoms with E-state index in [4.69, 9.17) is 4.99 Å². The smallest absolute Gasteiger partial charge is 0.209 e. The summed E-state index contributed by atoms with van der Waals surface area (Å²) in [6.45, 7) is 2.07. The average molecular weight is 496 g/mol. The molecule has 1 aliphatic rings. The molecule has 0 aliphatic carbocycles. The molecule has 5 rings (SSSR count). The molecule has 0 bridgehead atoms. The number of thioether (sulfide) groups is 1. The van der Waals surface area contributed by atoms with Gasteiger partial charge >= 0.3 is 0 Å². The quantitative estimate of drug-likeness (QED) is 0.362. The van der Waals surface area contributed by atoms with Crippen molar-refractivity contribution in [3.63, 3.8) is 0 Å². The van der Waals surface area contributed by atoms with E-state index in [0.29, 0.717) is 5.84 Å². The summed E-state index contributed by atoms with van der Waals surface area (Å²) in [7, 11) is -2.44. The number of rotatable bonds is 6. The average Bonchev–Trinajstić information content (AvgIpc) is 2.92. The van der Waals surface area contributed by atoms with Gasteiger partial charge in [-0.05, 0) is 49.6 Å². The Bertz CT molecular complexity index is 1260. The molecule has 4 aromatic carbocycles. The van der Waals surface area contributed by atoms with Gasteiger partial charge in [-0.25, -0.2) is 4.99 Å². The number of aliphatic hydroxyl groups is 1. The van der Waals surface area contributed by atoms with Gasteiger partial charge in [0.1, 0.15) is 34.0 Å². The molecule has 1 heterocycles. The first kappa shape index (κ1) is 23.6. The largest absolute Gasteiger partial charge is 0.365 e. The first-order valence-corrected chi connectivity index (χ1v) is 14.6. The SMILES string of the molecule is CSC1=C([P+](c2ccccc2)(c2ccccc2)c2ccccc2)[C@@H](O)N=C(c2ccc(C)cc2)N1. The lowest BCUT2D eigenvalue weighted by Crippen LogP contribution is -2.40. The first-order chi connectivity index (χ1) is 17.1. The highest BCUT2D eigenvalue weighted by Gasteiger charge is 2.54. The predicted octanol–water partition coefficient (Wildman–Crippen LogP) is 5.19. The van der Waals surface area contributed by atoms with Gasteiger partial charge in [0.15, 0.2) is 5.31 Å². The number of aliphatic imine (C=N–C) groups is 1. The van der Waals surface area contributed by atoms with Crippen LogP contribution >= 0.6 is 19.0 Å². The van der Waals surface area contributed by atoms with Crippen molar-refractivity contribution in [2.24, 2.45) is 4.99 Å². The van der Waals surface area contributed by atoms with Crippen LogP contribution in [0.25, 0.3) is 0 Å². The standard InChI is InChI=1S/C30H28N2OPS/c1-22-18-20-23(21-19-22)28-31-29(33)27(30(32-28)35-2)34(24-12-6-3-7-13-24,25-14-8-4-9-15-25)26-16-10-5-11-17-26/h3-21,29,33H,1-2H3,(H,31,32)/q+1/t29-/m1/s1. The Labute approximate surface area is 212 Å². The maximum absolute atomic E-state index is 11.8. The molecule has 35 heavy (non-hydrogen) atoms. The van der Waals surface area contributed by atoms with Crippen molar-refractivity contribution < 1.29 is 5.11 Å². The van der Waals surface area contributed by atoms with Crippen molar-refractivity contribution in [1.82, 2.24) is 5.32 Å². The van der Waals surface area contributed by atoms with E-state index in [1.165, 1.54) is 21.5 Å². The Morgan fingerprint density at radius 2 is 1.17 bits per heavy atom. The molecule has 1 atom stereocenters. The minimum atomic E-state index is -2.44. The Hall–Kier alpha value is -3.17. The van der Waals surface area contributed by atoms with Crippen LogP contribution in [0.2, 0.25) is 0 Å². The van der Waals surface area contributed by atoms with E-state index in [1.54, 1.807) is 11.8 Å². The van der Waals surface area contributed by atoms with E-state index in [9.17, 15) is 5.11 Å². The number of benzene rings is 4. The molecular weight excluding hydrogens is 467 g/mol. The summed E-state index contributed by atoms with van der Waals surface area (Å²) in [6, 6.07) is 40.0. The first-order valence-electron chi connectivity index (χ1n) is 11.6. The molecule has 0 amide bonds. The third-order valence-electron chi connectivity index (χ3n) is 6.28. The van der Waals surface area contributed by atoms with Crippen molar-refractivity contribution in [3.05, 3.63) is 137 Å². The van der Waals surface area contributed by atoms with Gasteiger partial charge in [0.05, 0.1) is 0 Å². The van der Waals surface area contributed by atoms with Gasteiger partial charge in [0.2, 0.25) is 6.23 Å². The van der Waals surface area contributed by atoms with Gasteiger partial charge in [0, 0.05) is 5.56 Å². The highest BCUT2D eigenvalue weighted by Crippen LogP contribution is 2.65. The molecule has 0 saturated heterocycles. The fourth-order valence-electron chi connectivity index (χ4n) is 4.66. The van der Waals surface area contributed by atoms with Crippen molar-refractivity contribution in [2.45, 2.75) is 13.2 Å². The number of amidine groups is 1. The summed E-state index contributed by atoms with van der Waals surface area (Å²) in [4.78, 5) is 4.82. The van der Waals surface area contributed by atoms with Gasteiger partial charge in [-0.15, -0.1) is 11.8 Å². The minimum Gasteiger partial charge on any atom is -0.365 e. The molecule has 3 nitrogen and oxygen atoms in total. The molecule has 0 fully saturated rings. The van der Waals surface area contributed by atoms with Crippen LogP contribution in [0, 0.1) is 6.92 Å². The zero-order chi connectivity index (χ0) is 24.3. The van der Waals surface area contributed by atoms with Crippen LogP contribution in [0.4, 0.5) is 0 Å². The van der Waals surface area contributed by atoms with Gasteiger partial charge in [0.25, 0.3) is 0 Å². The third kappa shape index (κ3) is 4.34. The Balaban J connectivity index is 1.79. The number of hydrogen-bond acceptors (Lipinski definition) is 4. The molecule has 0 radical (unpaired) electrons. The molecule has 0 saturated carbocycles. The lowest BCUT2D eigenvalue weighted by atomic mass is 10.1. The fourth-order valence-corrected chi connectivity index (χ4v) is 10.2. The molecule has 4 aromatic rings. The lowest BCUT2D eigenvalue weighted by Gasteiger charge is -2.34. The number of nitrogens with one attached hydrogen (secondary N) is 1. The molecule has 2 N–H and O–H groups in total. The van der Waals surface area contributed by atoms with Gasteiger partial charge in [-0.2, -0.15) is 0 Å². The topological polar surface area (TPSA) is 44.6 Å². The summed E-state index contributed by atoms with van der Waals surface area (Å²) < 4.78 is 0. The Morgan fingerprint density at radius 3 is 1.60 bits per heavy atom. The molecule has 0 aromatic heterocycles. The zero-order valence-electron chi connectivity index (χ0n) is 19.8. The van der Waals surface area contributed by atoms with Gasteiger partial charge < -0.3 is 10.4 Å². The molecule has 5 heteroatoms. The van der Waals surface area contributed by atoms with Crippen LogP contribution < -0.4 is 21.2 Å². The number of aliphatic hydroxyl groups excluding tert-OH is 1. The molecule has 0 spiro atoms. The molecule has 0 unspecified atom stereocenters. The molecule has 1 aliphatic heterocycles. The fraction of sp³-hybridized carbons (Fsp3) is 0.100. The van der Waals surface area contributed by atoms with Crippen LogP contribution in [-0.4, -0.2) is 23.4 Å². The second kappa shape index (κ2) is 10.2. The Kier molecular flexibility index (Phi) is 6.88. The number of hydrogen-bond donors (Lipinski definition) is 2. The summed E-state index contributed by atoms with van der Waals surface area (Å²) in [5.74, 6) is 0.692. The van der Waals surface area contributed by atoms with Gasteiger partial charge in [-0.3, -0.25) is 0 Å². The normalized spacial score (nSPS) is 16.0. The van der Waals surface area contributed by atoms with Crippen LogP contribution in [0.3, 0.4) is 0 Å². The summed E-state index contributed by atoms with van der Waals surface area (Å²) >= 11 is 1.63. The lowest BCUT2D eigenvalue weighted by molar-refractivity contribution is 0.226. The van der Waals surface area contributed by atoms with Crippen LogP contribution in [0.1, 0.15) is 11.1 Å². The van der Waals surface area contributed by atoms with E-state index in [1.807, 2.05) is 30.3 Å². The number of aryl methyl sites for hydroxylation is 1. The molecular formula is C30H28N2OPS+. The molecule has 174 valence electrons. The van der Waals surface area contributed by atoms with Crippen LogP contribution in [0.15, 0.2) is 131 Å².